The largest absolute Gasteiger partial charge is 0.493 e. The van der Waals surface area contributed by atoms with Gasteiger partial charge < -0.3 is 9.47 Å². The number of carbonyl (C=O) groups is 2. The number of nitrogens with zero attached hydrogens (tertiary/aromatic N) is 1. The smallest absolute Gasteiger partial charge is 0.265 e. The van der Waals surface area contributed by atoms with Crippen LogP contribution in [0, 0.1) is 0 Å². The van der Waals surface area contributed by atoms with Crippen LogP contribution in [0.5, 0.6) is 11.5 Å². The lowest BCUT2D eigenvalue weighted by molar-refractivity contribution is -0.128. The molecule has 1 aliphatic rings. The van der Waals surface area contributed by atoms with Crippen LogP contribution < -0.4 is 14.8 Å². The van der Waals surface area contributed by atoms with Crippen molar-refractivity contribution in [3.05, 3.63) is 77.4 Å². The predicted molar refractivity (Wildman–Crippen MR) is 123 cm³/mol. The maximum Gasteiger partial charge on any atom is 0.265 e. The van der Waals surface area contributed by atoms with Gasteiger partial charge >= 0.3 is 0 Å². The first kappa shape index (κ1) is 20.6. The van der Waals surface area contributed by atoms with Crippen LogP contribution in [0.3, 0.4) is 0 Å². The fourth-order valence-corrected chi connectivity index (χ4v) is 3.55. The monoisotopic (exact) mass is 432 g/mol. The fourth-order valence-electron chi connectivity index (χ4n) is 3.38. The second-order valence-corrected chi connectivity index (χ2v) is 7.41. The highest BCUT2D eigenvalue weighted by Crippen LogP contribution is 2.31. The maximum absolute atomic E-state index is 12.4. The summed E-state index contributed by atoms with van der Waals surface area (Å²) in [4.78, 5) is 25.8. The average Bonchev–Trinajstić information content (AvgIpc) is 2.79. The van der Waals surface area contributed by atoms with Crippen molar-refractivity contribution in [2.45, 2.75) is 6.61 Å². The van der Waals surface area contributed by atoms with Crippen molar-refractivity contribution in [3.8, 4) is 11.5 Å². The summed E-state index contributed by atoms with van der Waals surface area (Å²) >= 11 is 4.96. The summed E-state index contributed by atoms with van der Waals surface area (Å²) in [6.45, 7) is 0.376. The van der Waals surface area contributed by atoms with E-state index < -0.39 is 11.8 Å². The Kier molecular flexibility index (Phi) is 5.68. The van der Waals surface area contributed by atoms with E-state index >= 15 is 0 Å². The predicted octanol–water partition coefficient (Wildman–Crippen LogP) is 3.68. The zero-order valence-electron chi connectivity index (χ0n) is 17.0. The molecule has 0 atom stereocenters. The third kappa shape index (κ3) is 4.13. The molecular formula is C24H20N2O4S. The molecule has 0 aromatic heterocycles. The lowest BCUT2D eigenvalue weighted by Gasteiger charge is -2.25. The van der Waals surface area contributed by atoms with Gasteiger partial charge in [0.15, 0.2) is 16.6 Å². The molecule has 1 saturated heterocycles. The number of fused-ring (bicyclic) bond motifs is 1. The van der Waals surface area contributed by atoms with Crippen LogP contribution in [0.4, 0.5) is 0 Å². The van der Waals surface area contributed by atoms with E-state index in [1.807, 2.05) is 24.3 Å². The van der Waals surface area contributed by atoms with Gasteiger partial charge in [0.2, 0.25) is 0 Å². The first-order valence-electron chi connectivity index (χ1n) is 9.60. The number of hydrogen-bond donors (Lipinski definition) is 1. The lowest BCUT2D eigenvalue weighted by atomic mass is 10.1. The van der Waals surface area contributed by atoms with Gasteiger partial charge in [0, 0.05) is 7.05 Å². The Morgan fingerprint density at radius 3 is 2.61 bits per heavy atom. The molecular weight excluding hydrogens is 412 g/mol. The second-order valence-electron chi connectivity index (χ2n) is 7.02. The summed E-state index contributed by atoms with van der Waals surface area (Å²) < 4.78 is 11.5. The molecule has 0 saturated carbocycles. The van der Waals surface area contributed by atoms with Gasteiger partial charge in [-0.15, -0.1) is 0 Å². The van der Waals surface area contributed by atoms with E-state index in [0.717, 1.165) is 16.3 Å². The van der Waals surface area contributed by atoms with Crippen LogP contribution in [0.1, 0.15) is 11.1 Å². The van der Waals surface area contributed by atoms with Crippen molar-refractivity contribution in [1.29, 1.82) is 0 Å². The van der Waals surface area contributed by atoms with Gasteiger partial charge in [-0.05, 0) is 52.3 Å². The molecule has 1 aliphatic heterocycles. The molecule has 6 nitrogen and oxygen atoms in total. The van der Waals surface area contributed by atoms with Crippen molar-refractivity contribution < 1.29 is 19.1 Å². The van der Waals surface area contributed by atoms with E-state index in [1.54, 1.807) is 25.3 Å². The molecule has 3 aromatic rings. The number of methoxy groups -OCH3 is 1. The Morgan fingerprint density at radius 1 is 1.03 bits per heavy atom. The maximum atomic E-state index is 12.4. The van der Waals surface area contributed by atoms with E-state index in [4.69, 9.17) is 21.7 Å². The van der Waals surface area contributed by atoms with Gasteiger partial charge in [0.1, 0.15) is 12.2 Å². The van der Waals surface area contributed by atoms with E-state index in [1.165, 1.54) is 18.0 Å². The highest BCUT2D eigenvalue weighted by Gasteiger charge is 2.30. The molecule has 7 heteroatoms. The average molecular weight is 433 g/mol. The van der Waals surface area contributed by atoms with Gasteiger partial charge in [-0.3, -0.25) is 19.8 Å². The molecule has 1 heterocycles. The number of thiocarbonyl (C=S) groups is 1. The Hall–Kier alpha value is -3.71. The minimum Gasteiger partial charge on any atom is -0.493 e. The summed E-state index contributed by atoms with van der Waals surface area (Å²) in [5, 5.41) is 4.87. The summed E-state index contributed by atoms with van der Waals surface area (Å²) in [6, 6.07) is 19.5. The van der Waals surface area contributed by atoms with Crippen LogP contribution in [0.15, 0.2) is 66.2 Å². The van der Waals surface area contributed by atoms with Crippen LogP contribution in [-0.4, -0.2) is 36.0 Å². The number of amides is 2. The SMILES string of the molecule is COc1cc(C=C2C(=O)NC(=S)N(C)C2=O)ccc1OCc1cccc2ccccc12. The highest BCUT2D eigenvalue weighted by molar-refractivity contribution is 7.80. The lowest BCUT2D eigenvalue weighted by Crippen LogP contribution is -2.52. The summed E-state index contributed by atoms with van der Waals surface area (Å²) in [6.07, 6.45) is 1.51. The number of rotatable bonds is 5. The van der Waals surface area contributed by atoms with Gasteiger partial charge in [-0.2, -0.15) is 0 Å². The summed E-state index contributed by atoms with van der Waals surface area (Å²) in [5.74, 6) is 0.0878. The molecule has 3 aromatic carbocycles. The second kappa shape index (κ2) is 8.57. The highest BCUT2D eigenvalue weighted by atomic mass is 32.1. The topological polar surface area (TPSA) is 67.9 Å². The van der Waals surface area contributed by atoms with Crippen molar-refractivity contribution >= 4 is 46.0 Å². The van der Waals surface area contributed by atoms with Gasteiger partial charge in [0.25, 0.3) is 11.8 Å². The number of ether oxygens (including phenoxy) is 2. The number of carbonyl (C=O) groups excluding carboxylic acids is 2. The van der Waals surface area contributed by atoms with Crippen molar-refractivity contribution in [2.24, 2.45) is 0 Å². The molecule has 0 bridgehead atoms. The number of nitrogens with one attached hydrogen (secondary N) is 1. The van der Waals surface area contributed by atoms with Gasteiger partial charge in [0.05, 0.1) is 7.11 Å². The first-order chi connectivity index (χ1) is 15.0. The third-order valence-corrected chi connectivity index (χ3v) is 5.44. The number of benzene rings is 3. The van der Waals surface area contributed by atoms with Crippen molar-refractivity contribution in [2.75, 3.05) is 14.2 Å². The summed E-state index contributed by atoms with van der Waals surface area (Å²) in [5.41, 5.74) is 1.70. The fraction of sp³-hybridized carbons (Fsp3) is 0.125. The molecule has 31 heavy (non-hydrogen) atoms. The molecule has 1 fully saturated rings. The van der Waals surface area contributed by atoms with Crippen LogP contribution >= 0.6 is 12.2 Å². The molecule has 2 amide bonds. The van der Waals surface area contributed by atoms with Gasteiger partial charge in [-0.25, -0.2) is 0 Å². The molecule has 0 aliphatic carbocycles. The Morgan fingerprint density at radius 2 is 1.81 bits per heavy atom. The van der Waals surface area contributed by atoms with Crippen LogP contribution in [0.25, 0.3) is 16.8 Å². The molecule has 0 radical (unpaired) electrons. The van der Waals surface area contributed by atoms with Crippen molar-refractivity contribution in [3.63, 3.8) is 0 Å². The molecule has 1 N–H and O–H groups in total. The quantitative estimate of drug-likeness (QED) is 0.378. The minimum absolute atomic E-state index is 0.00239. The Bertz CT molecular complexity index is 1230. The van der Waals surface area contributed by atoms with E-state index in [-0.39, 0.29) is 10.7 Å². The Balaban J connectivity index is 1.58. The Labute approximate surface area is 185 Å². The zero-order chi connectivity index (χ0) is 22.0. The molecule has 156 valence electrons. The van der Waals surface area contributed by atoms with Crippen molar-refractivity contribution in [1.82, 2.24) is 10.2 Å². The van der Waals surface area contributed by atoms with Gasteiger partial charge in [-0.1, -0.05) is 48.5 Å². The molecule has 4 rings (SSSR count). The van der Waals surface area contributed by atoms with E-state index in [2.05, 4.69) is 23.5 Å². The molecule has 0 spiro atoms. The number of likely N-dealkylation sites (N-methyl/N-ethyl adjacent to an activating group) is 1. The van der Waals surface area contributed by atoms with E-state index in [0.29, 0.717) is 23.7 Å². The van der Waals surface area contributed by atoms with E-state index in [9.17, 15) is 9.59 Å². The number of hydrogen-bond acceptors (Lipinski definition) is 5. The third-order valence-electron chi connectivity index (χ3n) is 5.07. The normalized spacial score (nSPS) is 15.4. The van der Waals surface area contributed by atoms with Crippen LogP contribution in [-0.2, 0) is 16.2 Å². The zero-order valence-corrected chi connectivity index (χ0v) is 17.9. The van der Waals surface area contributed by atoms with Crippen LogP contribution in [0.2, 0.25) is 0 Å². The standard InChI is InChI=1S/C24H20N2O4S/c1-26-23(28)19(22(27)25-24(26)31)12-15-10-11-20(21(13-15)29-2)30-14-17-8-5-7-16-6-3-4-9-18(16)17/h3-13H,14H2,1-2H3,(H,25,27,31). The first-order valence-corrected chi connectivity index (χ1v) is 10.0. The molecule has 0 unspecified atom stereocenters. The summed E-state index contributed by atoms with van der Waals surface area (Å²) in [7, 11) is 3.06. The minimum atomic E-state index is -0.525.